The molecule has 0 radical (unpaired) electrons. The van der Waals surface area contributed by atoms with Crippen molar-refractivity contribution in [3.63, 3.8) is 0 Å². The summed E-state index contributed by atoms with van der Waals surface area (Å²) in [5.41, 5.74) is 0. The largest absolute Gasteiger partial charge is 0.494 e. The van der Waals surface area contributed by atoms with Crippen molar-refractivity contribution < 1.29 is 22.6 Å². The molecule has 0 atom stereocenters. The van der Waals surface area contributed by atoms with E-state index in [-0.39, 0.29) is 18.0 Å². The highest BCUT2D eigenvalue weighted by Crippen LogP contribution is 2.22. The monoisotopic (exact) mass is 413 g/mol. The smallest absolute Gasteiger partial charge is 0.240 e. The van der Waals surface area contributed by atoms with E-state index >= 15 is 0 Å². The van der Waals surface area contributed by atoms with Gasteiger partial charge in [0.25, 0.3) is 0 Å². The van der Waals surface area contributed by atoms with Crippen LogP contribution < -0.4 is 18.9 Å². The Bertz CT molecular complexity index is 988. The van der Waals surface area contributed by atoms with Crippen LogP contribution in [0.15, 0.2) is 83.8 Å². The molecule has 0 unspecified atom stereocenters. The highest BCUT2D eigenvalue weighted by molar-refractivity contribution is 7.89. The highest BCUT2D eigenvalue weighted by atomic mass is 32.2. The molecule has 0 heterocycles. The van der Waals surface area contributed by atoms with Gasteiger partial charge in [0.15, 0.2) is 0 Å². The summed E-state index contributed by atoms with van der Waals surface area (Å²) in [6, 6.07) is 22.7. The summed E-state index contributed by atoms with van der Waals surface area (Å²) in [5.74, 6) is 2.66. The van der Waals surface area contributed by atoms with E-state index in [0.717, 1.165) is 5.75 Å². The van der Waals surface area contributed by atoms with Gasteiger partial charge in [0, 0.05) is 6.54 Å². The molecule has 0 saturated carbocycles. The van der Waals surface area contributed by atoms with E-state index in [9.17, 15) is 8.42 Å². The van der Waals surface area contributed by atoms with Gasteiger partial charge in [-0.2, -0.15) is 0 Å². The summed E-state index contributed by atoms with van der Waals surface area (Å²) in [4.78, 5) is 0.166. The van der Waals surface area contributed by atoms with Gasteiger partial charge in [0.2, 0.25) is 10.0 Å². The predicted octanol–water partition coefficient (Wildman–Crippen LogP) is 4.23. The first kappa shape index (κ1) is 20.7. The van der Waals surface area contributed by atoms with Gasteiger partial charge in [-0.05, 0) is 67.6 Å². The number of rotatable bonds is 10. The number of sulfonamides is 1. The summed E-state index contributed by atoms with van der Waals surface area (Å²) in [5, 5.41) is 0. The van der Waals surface area contributed by atoms with E-state index in [2.05, 4.69) is 4.72 Å². The number of para-hydroxylation sites is 1. The fraction of sp³-hybridized carbons (Fsp3) is 0.182. The summed E-state index contributed by atoms with van der Waals surface area (Å²) >= 11 is 0. The summed E-state index contributed by atoms with van der Waals surface area (Å²) in [7, 11) is -3.62. The molecular weight excluding hydrogens is 390 g/mol. The Morgan fingerprint density at radius 2 is 1.28 bits per heavy atom. The molecule has 29 heavy (non-hydrogen) atoms. The zero-order chi connectivity index (χ0) is 20.5. The molecule has 0 aliphatic rings. The lowest BCUT2D eigenvalue weighted by Crippen LogP contribution is -2.28. The molecule has 0 spiro atoms. The van der Waals surface area contributed by atoms with Crippen molar-refractivity contribution in [1.29, 1.82) is 0 Å². The molecule has 6 nitrogen and oxygen atoms in total. The van der Waals surface area contributed by atoms with Crippen molar-refractivity contribution in [3.05, 3.63) is 78.9 Å². The lowest BCUT2D eigenvalue weighted by atomic mass is 10.3. The molecule has 0 fully saturated rings. The minimum absolute atomic E-state index is 0.151. The second-order valence-corrected chi connectivity index (χ2v) is 7.80. The first-order valence-electron chi connectivity index (χ1n) is 9.25. The van der Waals surface area contributed by atoms with Gasteiger partial charge >= 0.3 is 0 Å². The quantitative estimate of drug-likeness (QED) is 0.504. The number of hydrogen-bond acceptors (Lipinski definition) is 5. The van der Waals surface area contributed by atoms with Crippen LogP contribution in [-0.2, 0) is 10.0 Å². The van der Waals surface area contributed by atoms with Crippen molar-refractivity contribution in [2.75, 3.05) is 19.8 Å². The third-order valence-electron chi connectivity index (χ3n) is 3.91. The molecule has 0 aromatic heterocycles. The minimum atomic E-state index is -3.62. The van der Waals surface area contributed by atoms with Gasteiger partial charge in [-0.15, -0.1) is 0 Å². The Labute approximate surface area is 171 Å². The van der Waals surface area contributed by atoms with Crippen LogP contribution in [0.5, 0.6) is 23.0 Å². The zero-order valence-electron chi connectivity index (χ0n) is 16.1. The second kappa shape index (κ2) is 9.95. The Morgan fingerprint density at radius 3 is 1.90 bits per heavy atom. The molecule has 0 amide bonds. The average Bonchev–Trinajstić information content (AvgIpc) is 2.74. The number of ether oxygens (including phenoxy) is 3. The summed E-state index contributed by atoms with van der Waals surface area (Å²) < 4.78 is 43.9. The molecule has 3 aromatic rings. The molecule has 152 valence electrons. The average molecular weight is 413 g/mol. The van der Waals surface area contributed by atoms with Gasteiger partial charge in [-0.1, -0.05) is 18.2 Å². The van der Waals surface area contributed by atoms with E-state index in [1.165, 1.54) is 12.1 Å². The standard InChI is InChI=1S/C22H23NO5S/c1-2-26-18-8-10-19(11-9-18)27-17-16-23-29(24,25)22-14-12-21(13-15-22)28-20-6-4-3-5-7-20/h3-15,23H,2,16-17H2,1H3. The first-order chi connectivity index (χ1) is 14.1. The molecule has 0 bridgehead atoms. The first-order valence-corrected chi connectivity index (χ1v) is 10.7. The maximum Gasteiger partial charge on any atom is 0.240 e. The van der Waals surface area contributed by atoms with Gasteiger partial charge < -0.3 is 14.2 Å². The van der Waals surface area contributed by atoms with Crippen molar-refractivity contribution >= 4 is 10.0 Å². The molecule has 1 N–H and O–H groups in total. The van der Waals surface area contributed by atoms with Crippen LogP contribution in [0.2, 0.25) is 0 Å². The van der Waals surface area contributed by atoms with Crippen LogP contribution in [-0.4, -0.2) is 28.2 Å². The highest BCUT2D eigenvalue weighted by Gasteiger charge is 2.13. The molecule has 0 aliphatic heterocycles. The maximum absolute atomic E-state index is 12.4. The zero-order valence-corrected chi connectivity index (χ0v) is 16.9. The number of nitrogens with one attached hydrogen (secondary N) is 1. The molecule has 7 heteroatoms. The van der Waals surface area contributed by atoms with Gasteiger partial charge in [0.1, 0.15) is 29.6 Å². The van der Waals surface area contributed by atoms with E-state index < -0.39 is 10.0 Å². The van der Waals surface area contributed by atoms with Crippen molar-refractivity contribution in [2.45, 2.75) is 11.8 Å². The Morgan fingerprint density at radius 1 is 0.724 bits per heavy atom. The number of hydrogen-bond donors (Lipinski definition) is 1. The van der Waals surface area contributed by atoms with E-state index in [1.54, 1.807) is 24.3 Å². The normalized spacial score (nSPS) is 11.1. The van der Waals surface area contributed by atoms with Crippen molar-refractivity contribution in [2.24, 2.45) is 0 Å². The number of benzene rings is 3. The van der Waals surface area contributed by atoms with Crippen LogP contribution in [0.4, 0.5) is 0 Å². The Hall–Kier alpha value is -3.03. The summed E-state index contributed by atoms with van der Waals surface area (Å²) in [6.45, 7) is 2.88. The minimum Gasteiger partial charge on any atom is -0.494 e. The van der Waals surface area contributed by atoms with Gasteiger partial charge in [-0.25, -0.2) is 13.1 Å². The van der Waals surface area contributed by atoms with E-state index in [1.807, 2.05) is 49.4 Å². The topological polar surface area (TPSA) is 73.9 Å². The van der Waals surface area contributed by atoms with E-state index in [4.69, 9.17) is 14.2 Å². The molecule has 0 aliphatic carbocycles. The van der Waals surface area contributed by atoms with Crippen LogP contribution >= 0.6 is 0 Å². The maximum atomic E-state index is 12.4. The van der Waals surface area contributed by atoms with Crippen LogP contribution in [0.25, 0.3) is 0 Å². The molecular formula is C22H23NO5S. The van der Waals surface area contributed by atoms with Gasteiger partial charge in [-0.3, -0.25) is 0 Å². The Balaban J connectivity index is 1.49. The molecule has 3 aromatic carbocycles. The van der Waals surface area contributed by atoms with Crippen molar-refractivity contribution in [3.8, 4) is 23.0 Å². The predicted molar refractivity (Wildman–Crippen MR) is 111 cm³/mol. The fourth-order valence-corrected chi connectivity index (χ4v) is 3.55. The summed E-state index contributed by atoms with van der Waals surface area (Å²) in [6.07, 6.45) is 0. The SMILES string of the molecule is CCOc1ccc(OCCNS(=O)(=O)c2ccc(Oc3ccccc3)cc2)cc1. The lowest BCUT2D eigenvalue weighted by molar-refractivity contribution is 0.319. The van der Waals surface area contributed by atoms with Gasteiger partial charge in [0.05, 0.1) is 11.5 Å². The third kappa shape index (κ3) is 6.23. The van der Waals surface area contributed by atoms with Crippen LogP contribution in [0.3, 0.4) is 0 Å². The third-order valence-corrected chi connectivity index (χ3v) is 5.39. The van der Waals surface area contributed by atoms with E-state index in [0.29, 0.717) is 23.9 Å². The Kier molecular flexibility index (Phi) is 7.10. The van der Waals surface area contributed by atoms with Crippen LogP contribution in [0.1, 0.15) is 6.92 Å². The molecule has 0 saturated heterocycles. The second-order valence-electron chi connectivity index (χ2n) is 6.04. The van der Waals surface area contributed by atoms with Crippen LogP contribution in [0, 0.1) is 0 Å². The van der Waals surface area contributed by atoms with Crippen molar-refractivity contribution in [1.82, 2.24) is 4.72 Å². The lowest BCUT2D eigenvalue weighted by Gasteiger charge is -2.10. The molecule has 3 rings (SSSR count). The fourth-order valence-electron chi connectivity index (χ4n) is 2.54.